The molecule has 90 valence electrons. The van der Waals surface area contributed by atoms with Crippen molar-refractivity contribution in [3.63, 3.8) is 0 Å². The molecule has 0 bridgehead atoms. The third kappa shape index (κ3) is 3.89. The van der Waals surface area contributed by atoms with Crippen molar-refractivity contribution in [3.8, 4) is 0 Å². The van der Waals surface area contributed by atoms with E-state index in [1.54, 1.807) is 6.20 Å². The van der Waals surface area contributed by atoms with Crippen molar-refractivity contribution >= 4 is 17.7 Å². The summed E-state index contributed by atoms with van der Waals surface area (Å²) in [5.74, 6) is -0.165. The number of rotatable bonds is 6. The van der Waals surface area contributed by atoms with Crippen LogP contribution in [0.3, 0.4) is 0 Å². The Balaban J connectivity index is 2.37. The first-order chi connectivity index (χ1) is 7.65. The molecule has 0 radical (unpaired) electrons. The van der Waals surface area contributed by atoms with E-state index in [2.05, 4.69) is 11.9 Å². The number of thioether (sulfide) groups is 1. The smallest absolute Gasteiger partial charge is 0.319 e. The second kappa shape index (κ2) is 6.58. The fourth-order valence-electron chi connectivity index (χ4n) is 1.11. The van der Waals surface area contributed by atoms with Gasteiger partial charge < -0.3 is 9.30 Å². The second-order valence-electron chi connectivity index (χ2n) is 3.60. The minimum atomic E-state index is -0.210. The van der Waals surface area contributed by atoms with Crippen molar-refractivity contribution in [1.29, 1.82) is 0 Å². The molecule has 4 nitrogen and oxygen atoms in total. The molecule has 1 rings (SSSR count). The summed E-state index contributed by atoms with van der Waals surface area (Å²) in [6, 6.07) is 0. The summed E-state index contributed by atoms with van der Waals surface area (Å²) in [4.78, 5) is 15.7. The third-order valence-electron chi connectivity index (χ3n) is 2.13. The number of imidazole rings is 1. The van der Waals surface area contributed by atoms with E-state index in [1.807, 2.05) is 24.7 Å². The number of carbonyl (C=O) groups excluding carboxylic acids is 1. The van der Waals surface area contributed by atoms with Crippen molar-refractivity contribution < 1.29 is 9.53 Å². The predicted molar refractivity (Wildman–Crippen MR) is 64.4 cm³/mol. The summed E-state index contributed by atoms with van der Waals surface area (Å²) in [6.07, 6.45) is 5.54. The van der Waals surface area contributed by atoms with Crippen molar-refractivity contribution in [2.24, 2.45) is 7.05 Å². The maximum atomic E-state index is 11.6. The Hall–Kier alpha value is -0.970. The maximum absolute atomic E-state index is 11.6. The minimum absolute atomic E-state index is 0.165. The summed E-state index contributed by atoms with van der Waals surface area (Å²) < 4.78 is 7.03. The van der Waals surface area contributed by atoms with Crippen LogP contribution >= 0.6 is 11.8 Å². The zero-order chi connectivity index (χ0) is 12.0. The number of aryl methyl sites for hydroxylation is 1. The first-order valence-electron chi connectivity index (χ1n) is 5.45. The van der Waals surface area contributed by atoms with Gasteiger partial charge in [0.25, 0.3) is 0 Å². The van der Waals surface area contributed by atoms with Crippen LogP contribution in [0.25, 0.3) is 0 Å². The molecule has 5 heteroatoms. The van der Waals surface area contributed by atoms with Gasteiger partial charge in [0.2, 0.25) is 0 Å². The molecular weight excluding hydrogens is 224 g/mol. The van der Waals surface area contributed by atoms with Gasteiger partial charge in [0.05, 0.1) is 6.61 Å². The summed E-state index contributed by atoms with van der Waals surface area (Å²) in [5.41, 5.74) is 0. The van der Waals surface area contributed by atoms with Crippen LogP contribution in [0, 0.1) is 0 Å². The third-order valence-corrected chi connectivity index (χ3v) is 3.28. The van der Waals surface area contributed by atoms with Crippen LogP contribution in [0.2, 0.25) is 0 Å². The topological polar surface area (TPSA) is 44.1 Å². The molecule has 1 aromatic rings. The van der Waals surface area contributed by atoms with Crippen molar-refractivity contribution in [2.45, 2.75) is 37.1 Å². The molecule has 0 N–H and O–H groups in total. The molecule has 0 aromatic carbocycles. The number of aromatic nitrogens is 2. The zero-order valence-corrected chi connectivity index (χ0v) is 10.8. The van der Waals surface area contributed by atoms with Crippen molar-refractivity contribution in [3.05, 3.63) is 12.4 Å². The van der Waals surface area contributed by atoms with E-state index in [0.717, 1.165) is 18.0 Å². The Morgan fingerprint density at radius 1 is 1.69 bits per heavy atom. The Morgan fingerprint density at radius 2 is 2.44 bits per heavy atom. The van der Waals surface area contributed by atoms with Gasteiger partial charge in [-0.15, -0.1) is 0 Å². The number of hydrogen-bond acceptors (Lipinski definition) is 4. The molecule has 0 unspecified atom stereocenters. The Morgan fingerprint density at radius 3 is 3.00 bits per heavy atom. The monoisotopic (exact) mass is 242 g/mol. The van der Waals surface area contributed by atoms with Gasteiger partial charge in [0, 0.05) is 19.4 Å². The molecule has 0 aliphatic heterocycles. The Labute approximate surface area is 100 Å². The largest absolute Gasteiger partial charge is 0.465 e. The Kier molecular flexibility index (Phi) is 5.38. The Bertz CT molecular complexity index is 338. The standard InChI is InChI=1S/C11H18N2O2S/c1-4-5-8-15-10(14)9(2)16-11-12-6-7-13(11)3/h6-7,9H,4-5,8H2,1-3H3/t9-/m1/s1. The highest BCUT2D eigenvalue weighted by Crippen LogP contribution is 2.21. The van der Waals surface area contributed by atoms with E-state index in [1.165, 1.54) is 11.8 Å². The van der Waals surface area contributed by atoms with Gasteiger partial charge in [-0.2, -0.15) is 0 Å². The van der Waals surface area contributed by atoms with Gasteiger partial charge in [-0.05, 0) is 13.3 Å². The van der Waals surface area contributed by atoms with Crippen LogP contribution in [0.1, 0.15) is 26.7 Å². The lowest BCUT2D eigenvalue weighted by Crippen LogP contribution is -2.18. The quantitative estimate of drug-likeness (QED) is 0.436. The van der Waals surface area contributed by atoms with Crippen molar-refractivity contribution in [2.75, 3.05) is 6.61 Å². The van der Waals surface area contributed by atoms with Gasteiger partial charge in [0.15, 0.2) is 5.16 Å². The molecule has 0 saturated carbocycles. The van der Waals surface area contributed by atoms with Gasteiger partial charge in [-0.3, -0.25) is 4.79 Å². The number of carbonyl (C=O) groups is 1. The molecule has 0 saturated heterocycles. The van der Waals surface area contributed by atoms with Crippen LogP contribution in [0.4, 0.5) is 0 Å². The zero-order valence-electron chi connectivity index (χ0n) is 9.97. The van der Waals surface area contributed by atoms with Crippen LogP contribution in [-0.2, 0) is 16.6 Å². The highest BCUT2D eigenvalue weighted by Gasteiger charge is 2.17. The maximum Gasteiger partial charge on any atom is 0.319 e. The average Bonchev–Trinajstić information content (AvgIpc) is 2.64. The fraction of sp³-hybridized carbons (Fsp3) is 0.636. The predicted octanol–water partition coefficient (Wildman–Crippen LogP) is 2.24. The molecule has 0 amide bonds. The lowest BCUT2D eigenvalue weighted by Gasteiger charge is -2.10. The van der Waals surface area contributed by atoms with E-state index >= 15 is 0 Å². The summed E-state index contributed by atoms with van der Waals surface area (Å²) in [7, 11) is 1.91. The normalized spacial score (nSPS) is 12.4. The number of esters is 1. The van der Waals surface area contributed by atoms with E-state index in [0.29, 0.717) is 6.61 Å². The number of nitrogens with zero attached hydrogens (tertiary/aromatic N) is 2. The summed E-state index contributed by atoms with van der Waals surface area (Å²) in [5, 5.41) is 0.623. The average molecular weight is 242 g/mol. The molecule has 0 aliphatic carbocycles. The number of unbranched alkanes of at least 4 members (excludes halogenated alkanes) is 1. The molecule has 16 heavy (non-hydrogen) atoms. The first-order valence-corrected chi connectivity index (χ1v) is 6.33. The van der Waals surface area contributed by atoms with Gasteiger partial charge in [-0.25, -0.2) is 4.98 Å². The summed E-state index contributed by atoms with van der Waals surface area (Å²) >= 11 is 1.42. The summed E-state index contributed by atoms with van der Waals surface area (Å²) in [6.45, 7) is 4.42. The highest BCUT2D eigenvalue weighted by molar-refractivity contribution is 8.00. The number of ether oxygens (including phenoxy) is 1. The van der Waals surface area contributed by atoms with E-state index in [-0.39, 0.29) is 11.2 Å². The minimum Gasteiger partial charge on any atom is -0.465 e. The van der Waals surface area contributed by atoms with Crippen LogP contribution < -0.4 is 0 Å². The molecule has 1 atom stereocenters. The van der Waals surface area contributed by atoms with E-state index in [9.17, 15) is 4.79 Å². The lowest BCUT2D eigenvalue weighted by atomic mass is 10.4. The molecule has 0 spiro atoms. The number of hydrogen-bond donors (Lipinski definition) is 0. The fourth-order valence-corrected chi connectivity index (χ4v) is 1.94. The van der Waals surface area contributed by atoms with Gasteiger partial charge in [-0.1, -0.05) is 25.1 Å². The van der Waals surface area contributed by atoms with E-state index in [4.69, 9.17) is 4.74 Å². The first kappa shape index (κ1) is 13.1. The van der Waals surface area contributed by atoms with Crippen LogP contribution in [0.5, 0.6) is 0 Å². The van der Waals surface area contributed by atoms with Crippen LogP contribution in [0.15, 0.2) is 17.6 Å². The van der Waals surface area contributed by atoms with Gasteiger partial charge in [0.1, 0.15) is 5.25 Å². The second-order valence-corrected chi connectivity index (χ2v) is 4.91. The molecule has 0 fully saturated rings. The van der Waals surface area contributed by atoms with Crippen molar-refractivity contribution in [1.82, 2.24) is 9.55 Å². The van der Waals surface area contributed by atoms with Crippen LogP contribution in [-0.4, -0.2) is 27.4 Å². The molecule has 0 aliphatic rings. The molecular formula is C11H18N2O2S. The van der Waals surface area contributed by atoms with E-state index < -0.39 is 0 Å². The SMILES string of the molecule is CCCCOC(=O)[C@@H](C)Sc1nccn1C. The van der Waals surface area contributed by atoms with Gasteiger partial charge >= 0.3 is 5.97 Å². The lowest BCUT2D eigenvalue weighted by molar-refractivity contribution is -0.142. The molecule has 1 aromatic heterocycles. The highest BCUT2D eigenvalue weighted by atomic mass is 32.2. The molecule has 1 heterocycles.